The zero-order valence-electron chi connectivity index (χ0n) is 15.0. The normalized spacial score (nSPS) is 14.7. The van der Waals surface area contributed by atoms with Crippen LogP contribution < -0.4 is 9.64 Å². The molecule has 4 rings (SSSR count). The van der Waals surface area contributed by atoms with E-state index in [1.807, 2.05) is 49.3 Å². The van der Waals surface area contributed by atoms with Crippen molar-refractivity contribution in [3.05, 3.63) is 82.9 Å². The smallest absolute Gasteiger partial charge is 0.335 e. The molecule has 1 unspecified atom stereocenters. The number of phenols is 1. The van der Waals surface area contributed by atoms with Gasteiger partial charge in [0.05, 0.1) is 5.56 Å². The Balaban J connectivity index is 1.98. The van der Waals surface area contributed by atoms with E-state index < -0.39 is 5.97 Å². The van der Waals surface area contributed by atoms with E-state index in [-0.39, 0.29) is 17.2 Å². The van der Waals surface area contributed by atoms with Crippen molar-refractivity contribution in [1.82, 2.24) is 0 Å². The highest BCUT2D eigenvalue weighted by atomic mass is 16.5. The summed E-state index contributed by atoms with van der Waals surface area (Å²) in [5, 5.41) is 19.6. The third-order valence-corrected chi connectivity index (χ3v) is 4.85. The average Bonchev–Trinajstić information content (AvgIpc) is 2.65. The van der Waals surface area contributed by atoms with Crippen molar-refractivity contribution in [2.45, 2.75) is 5.92 Å². The molecule has 3 aromatic carbocycles. The molecule has 0 aromatic heterocycles. The number of benzene rings is 3. The Labute approximate surface area is 157 Å². The molecule has 0 bridgehead atoms. The molecule has 2 N–H and O–H groups in total. The quantitative estimate of drug-likeness (QED) is 0.564. The maximum Gasteiger partial charge on any atom is 0.335 e. The summed E-state index contributed by atoms with van der Waals surface area (Å²) in [7, 11) is 3.89. The van der Waals surface area contributed by atoms with E-state index in [1.54, 1.807) is 30.3 Å². The van der Waals surface area contributed by atoms with Crippen LogP contribution >= 0.6 is 0 Å². The lowest BCUT2D eigenvalue weighted by Crippen LogP contribution is -2.16. The number of carboxylic acid groups (broad SMARTS) is 1. The molecule has 1 aliphatic heterocycles. The second kappa shape index (κ2) is 6.36. The summed E-state index contributed by atoms with van der Waals surface area (Å²) in [6.07, 6.45) is 0. The lowest BCUT2D eigenvalue weighted by Gasteiger charge is -2.30. The minimum Gasteiger partial charge on any atom is -0.508 e. The fourth-order valence-electron chi connectivity index (χ4n) is 3.54. The Morgan fingerprint density at radius 2 is 1.59 bits per heavy atom. The fraction of sp³-hybridized carbons (Fsp3) is 0.136. The molecule has 5 nitrogen and oxygen atoms in total. The van der Waals surface area contributed by atoms with Crippen LogP contribution in [0, 0.1) is 0 Å². The van der Waals surface area contributed by atoms with E-state index in [2.05, 4.69) is 0 Å². The highest BCUT2D eigenvalue weighted by Gasteiger charge is 2.31. The van der Waals surface area contributed by atoms with Gasteiger partial charge in [0.25, 0.3) is 0 Å². The van der Waals surface area contributed by atoms with Gasteiger partial charge in [-0.15, -0.1) is 0 Å². The van der Waals surface area contributed by atoms with Crippen molar-refractivity contribution in [3.63, 3.8) is 0 Å². The highest BCUT2D eigenvalue weighted by Crippen LogP contribution is 2.49. The summed E-state index contributed by atoms with van der Waals surface area (Å²) < 4.78 is 6.07. The van der Waals surface area contributed by atoms with Crippen LogP contribution in [-0.2, 0) is 0 Å². The molecular formula is C22H19NO4. The molecule has 3 aromatic rings. The summed E-state index contributed by atoms with van der Waals surface area (Å²) in [5.74, 6) is 0.0241. The van der Waals surface area contributed by atoms with Gasteiger partial charge in [-0.1, -0.05) is 30.3 Å². The van der Waals surface area contributed by atoms with Crippen molar-refractivity contribution in [3.8, 4) is 17.2 Å². The first-order valence-corrected chi connectivity index (χ1v) is 8.60. The molecule has 27 heavy (non-hydrogen) atoms. The van der Waals surface area contributed by atoms with Crippen LogP contribution in [-0.4, -0.2) is 30.3 Å². The first-order valence-electron chi connectivity index (χ1n) is 8.60. The number of hydrogen-bond acceptors (Lipinski definition) is 4. The standard InChI is InChI=1S/C22H19NO4/c1-23(2)13-7-9-17-19(11-13)27-20-12-14(24)8-10-18(20)21(17)15-5-3-4-6-16(15)22(25)26/h3-12,21,24H,1-2H3,(H,25,26). The molecule has 0 fully saturated rings. The Bertz CT molecular complexity index is 1040. The van der Waals surface area contributed by atoms with Gasteiger partial charge in [0.1, 0.15) is 17.2 Å². The van der Waals surface area contributed by atoms with Gasteiger partial charge in [0.15, 0.2) is 0 Å². The lowest BCUT2D eigenvalue weighted by atomic mass is 9.80. The number of carbonyl (C=O) groups is 1. The summed E-state index contributed by atoms with van der Waals surface area (Å²) in [6, 6.07) is 17.9. The van der Waals surface area contributed by atoms with Crippen LogP contribution in [0.5, 0.6) is 17.2 Å². The van der Waals surface area contributed by atoms with E-state index in [9.17, 15) is 15.0 Å². The molecule has 1 atom stereocenters. The number of carboxylic acids is 1. The number of ether oxygens (including phenoxy) is 1. The fourth-order valence-corrected chi connectivity index (χ4v) is 3.54. The predicted molar refractivity (Wildman–Crippen MR) is 103 cm³/mol. The van der Waals surface area contributed by atoms with E-state index >= 15 is 0 Å². The van der Waals surface area contributed by atoms with E-state index in [1.165, 1.54) is 0 Å². The summed E-state index contributed by atoms with van der Waals surface area (Å²) in [5.41, 5.74) is 3.65. The van der Waals surface area contributed by atoms with Crippen molar-refractivity contribution in [2.75, 3.05) is 19.0 Å². The first kappa shape index (κ1) is 17.0. The number of fused-ring (bicyclic) bond motifs is 2. The van der Waals surface area contributed by atoms with Gasteiger partial charge in [0, 0.05) is 49.0 Å². The van der Waals surface area contributed by atoms with Gasteiger partial charge in [-0.25, -0.2) is 4.79 Å². The van der Waals surface area contributed by atoms with E-state index in [0.29, 0.717) is 17.1 Å². The Kier molecular flexibility index (Phi) is 4.00. The molecule has 1 heterocycles. The van der Waals surface area contributed by atoms with Crippen LogP contribution in [0.25, 0.3) is 0 Å². The molecule has 0 radical (unpaired) electrons. The molecule has 0 saturated heterocycles. The second-order valence-corrected chi connectivity index (χ2v) is 6.77. The Morgan fingerprint density at radius 1 is 0.926 bits per heavy atom. The summed E-state index contributed by atoms with van der Waals surface area (Å²) >= 11 is 0. The van der Waals surface area contributed by atoms with Crippen molar-refractivity contribution < 1.29 is 19.7 Å². The van der Waals surface area contributed by atoms with Crippen LogP contribution in [0.15, 0.2) is 60.7 Å². The lowest BCUT2D eigenvalue weighted by molar-refractivity contribution is 0.0695. The van der Waals surface area contributed by atoms with Gasteiger partial charge in [-0.05, 0) is 23.8 Å². The maximum atomic E-state index is 11.8. The zero-order valence-corrected chi connectivity index (χ0v) is 15.0. The zero-order chi connectivity index (χ0) is 19.1. The Morgan fingerprint density at radius 3 is 2.30 bits per heavy atom. The van der Waals surface area contributed by atoms with Crippen LogP contribution in [0.1, 0.15) is 33.0 Å². The first-order chi connectivity index (χ1) is 13.0. The third-order valence-electron chi connectivity index (χ3n) is 4.85. The third kappa shape index (κ3) is 2.87. The molecule has 0 saturated carbocycles. The molecule has 0 aliphatic carbocycles. The number of anilines is 1. The maximum absolute atomic E-state index is 11.8. The van der Waals surface area contributed by atoms with E-state index in [0.717, 1.165) is 16.8 Å². The van der Waals surface area contributed by atoms with E-state index in [4.69, 9.17) is 4.74 Å². The van der Waals surface area contributed by atoms with Crippen LogP contribution in [0.2, 0.25) is 0 Å². The predicted octanol–water partition coefficient (Wildman–Crippen LogP) is 4.44. The molecule has 0 amide bonds. The Hall–Kier alpha value is -3.47. The molecule has 1 aliphatic rings. The monoisotopic (exact) mass is 361 g/mol. The topological polar surface area (TPSA) is 70.0 Å². The van der Waals surface area contributed by atoms with Crippen molar-refractivity contribution >= 4 is 11.7 Å². The molecule has 5 heteroatoms. The number of phenolic OH excluding ortho intramolecular Hbond substituents is 1. The minimum atomic E-state index is -0.969. The SMILES string of the molecule is CN(C)c1ccc2c(c1)Oc1cc(O)ccc1C2c1ccccc1C(=O)O. The minimum absolute atomic E-state index is 0.103. The number of nitrogens with zero attached hydrogens (tertiary/aromatic N) is 1. The van der Waals surface area contributed by atoms with Gasteiger partial charge in [0.2, 0.25) is 0 Å². The van der Waals surface area contributed by atoms with Gasteiger partial charge >= 0.3 is 5.97 Å². The average molecular weight is 361 g/mol. The van der Waals surface area contributed by atoms with Crippen molar-refractivity contribution in [1.29, 1.82) is 0 Å². The number of aromatic carboxylic acids is 1. The molecule has 136 valence electrons. The highest BCUT2D eigenvalue weighted by molar-refractivity contribution is 5.90. The molecular weight excluding hydrogens is 342 g/mol. The van der Waals surface area contributed by atoms with Gasteiger partial charge in [-0.2, -0.15) is 0 Å². The van der Waals surface area contributed by atoms with Crippen molar-refractivity contribution in [2.24, 2.45) is 0 Å². The van der Waals surface area contributed by atoms with Gasteiger partial charge < -0.3 is 19.8 Å². The van der Waals surface area contributed by atoms with Gasteiger partial charge in [-0.3, -0.25) is 0 Å². The second-order valence-electron chi connectivity index (χ2n) is 6.77. The van der Waals surface area contributed by atoms with Crippen LogP contribution in [0.4, 0.5) is 5.69 Å². The number of rotatable bonds is 3. The summed E-state index contributed by atoms with van der Waals surface area (Å²) in [4.78, 5) is 13.8. The number of hydrogen-bond donors (Lipinski definition) is 2. The van der Waals surface area contributed by atoms with Crippen LogP contribution in [0.3, 0.4) is 0 Å². The summed E-state index contributed by atoms with van der Waals surface area (Å²) in [6.45, 7) is 0. The number of aromatic hydroxyl groups is 1. The molecule has 0 spiro atoms. The largest absolute Gasteiger partial charge is 0.508 e.